The van der Waals surface area contributed by atoms with Crippen LogP contribution in [0.15, 0.2) is 15.9 Å². The maximum atomic E-state index is 5.22. The SMILES string of the molecule is CCNC(C)CSc1nc(C)co1. The number of aryl methyl sites for hydroxylation is 1. The predicted molar refractivity (Wildman–Crippen MR) is 55.1 cm³/mol. The molecule has 0 aliphatic carbocycles. The van der Waals surface area contributed by atoms with Crippen molar-refractivity contribution in [2.24, 2.45) is 0 Å². The molecule has 0 fully saturated rings. The summed E-state index contributed by atoms with van der Waals surface area (Å²) >= 11 is 1.65. The van der Waals surface area contributed by atoms with E-state index in [-0.39, 0.29) is 0 Å². The lowest BCUT2D eigenvalue weighted by molar-refractivity contribution is 0.453. The van der Waals surface area contributed by atoms with Crippen LogP contribution in [0.5, 0.6) is 0 Å². The summed E-state index contributed by atoms with van der Waals surface area (Å²) < 4.78 is 5.22. The number of oxazole rings is 1. The van der Waals surface area contributed by atoms with Crippen molar-refractivity contribution in [2.45, 2.75) is 32.0 Å². The Morgan fingerprint density at radius 3 is 3.00 bits per heavy atom. The molecule has 3 nitrogen and oxygen atoms in total. The lowest BCUT2D eigenvalue weighted by Crippen LogP contribution is -2.27. The molecular formula is C9H16N2OS. The lowest BCUT2D eigenvalue weighted by atomic mass is 10.4. The number of nitrogens with zero attached hydrogens (tertiary/aromatic N) is 1. The molecule has 0 radical (unpaired) electrons. The number of hydrogen-bond donors (Lipinski definition) is 1. The van der Waals surface area contributed by atoms with E-state index < -0.39 is 0 Å². The molecule has 0 bridgehead atoms. The summed E-state index contributed by atoms with van der Waals surface area (Å²) in [5, 5.41) is 4.10. The number of aromatic nitrogens is 1. The van der Waals surface area contributed by atoms with Crippen molar-refractivity contribution < 1.29 is 4.42 Å². The van der Waals surface area contributed by atoms with Crippen molar-refractivity contribution in [3.63, 3.8) is 0 Å². The van der Waals surface area contributed by atoms with Gasteiger partial charge in [0.1, 0.15) is 6.26 Å². The van der Waals surface area contributed by atoms with Crippen LogP contribution < -0.4 is 5.32 Å². The van der Waals surface area contributed by atoms with Crippen LogP contribution in [0.3, 0.4) is 0 Å². The summed E-state index contributed by atoms with van der Waals surface area (Å²) in [4.78, 5) is 4.21. The van der Waals surface area contributed by atoms with Crippen LogP contribution in [-0.4, -0.2) is 23.3 Å². The summed E-state index contributed by atoms with van der Waals surface area (Å²) in [5.41, 5.74) is 0.943. The summed E-state index contributed by atoms with van der Waals surface area (Å²) in [6.45, 7) is 7.20. The monoisotopic (exact) mass is 200 g/mol. The van der Waals surface area contributed by atoms with Crippen molar-refractivity contribution in [1.29, 1.82) is 0 Å². The van der Waals surface area contributed by atoms with E-state index in [1.807, 2.05) is 6.92 Å². The van der Waals surface area contributed by atoms with E-state index in [1.165, 1.54) is 0 Å². The van der Waals surface area contributed by atoms with E-state index in [2.05, 4.69) is 24.1 Å². The third kappa shape index (κ3) is 3.83. The van der Waals surface area contributed by atoms with E-state index in [9.17, 15) is 0 Å². The number of rotatable bonds is 5. The Kier molecular flexibility index (Phi) is 4.32. The van der Waals surface area contributed by atoms with Crippen LogP contribution >= 0.6 is 11.8 Å². The number of nitrogens with one attached hydrogen (secondary N) is 1. The minimum atomic E-state index is 0.502. The highest BCUT2D eigenvalue weighted by atomic mass is 32.2. The third-order valence-electron chi connectivity index (χ3n) is 1.61. The Labute approximate surface area is 83.3 Å². The van der Waals surface area contributed by atoms with Gasteiger partial charge in [-0.1, -0.05) is 18.7 Å². The normalized spacial score (nSPS) is 13.2. The van der Waals surface area contributed by atoms with E-state index in [0.717, 1.165) is 23.2 Å². The molecule has 1 aromatic rings. The zero-order chi connectivity index (χ0) is 9.68. The summed E-state index contributed by atoms with van der Waals surface area (Å²) in [7, 11) is 0. The van der Waals surface area contributed by atoms with E-state index in [0.29, 0.717) is 6.04 Å². The molecule has 1 aromatic heterocycles. The van der Waals surface area contributed by atoms with Gasteiger partial charge < -0.3 is 9.73 Å². The first kappa shape index (κ1) is 10.6. The Morgan fingerprint density at radius 2 is 2.46 bits per heavy atom. The Morgan fingerprint density at radius 1 is 1.69 bits per heavy atom. The molecule has 0 aliphatic rings. The van der Waals surface area contributed by atoms with E-state index >= 15 is 0 Å². The molecule has 1 heterocycles. The summed E-state index contributed by atoms with van der Waals surface area (Å²) in [6, 6.07) is 0.502. The standard InChI is InChI=1S/C9H16N2OS/c1-4-10-8(3)6-13-9-11-7(2)5-12-9/h5,8,10H,4,6H2,1-3H3. The van der Waals surface area contributed by atoms with Gasteiger partial charge in [0.2, 0.25) is 0 Å². The highest BCUT2D eigenvalue weighted by Crippen LogP contribution is 2.17. The highest BCUT2D eigenvalue weighted by molar-refractivity contribution is 7.99. The smallest absolute Gasteiger partial charge is 0.255 e. The number of hydrogen-bond acceptors (Lipinski definition) is 4. The molecule has 1 N–H and O–H groups in total. The maximum absolute atomic E-state index is 5.22. The molecule has 0 amide bonds. The molecule has 0 spiro atoms. The van der Waals surface area contributed by atoms with Crippen molar-refractivity contribution in [1.82, 2.24) is 10.3 Å². The fourth-order valence-corrected chi connectivity index (χ4v) is 1.84. The third-order valence-corrected chi connectivity index (χ3v) is 2.71. The largest absolute Gasteiger partial charge is 0.440 e. The van der Waals surface area contributed by atoms with Crippen LogP contribution in [0.25, 0.3) is 0 Å². The van der Waals surface area contributed by atoms with E-state index in [4.69, 9.17) is 4.42 Å². The van der Waals surface area contributed by atoms with Crippen LogP contribution in [-0.2, 0) is 0 Å². The van der Waals surface area contributed by atoms with Crippen molar-refractivity contribution in [3.8, 4) is 0 Å². The fraction of sp³-hybridized carbons (Fsp3) is 0.667. The van der Waals surface area contributed by atoms with Gasteiger partial charge in [-0.05, 0) is 20.4 Å². The molecule has 1 atom stereocenters. The maximum Gasteiger partial charge on any atom is 0.255 e. The van der Waals surface area contributed by atoms with Crippen LogP contribution in [0.1, 0.15) is 19.5 Å². The van der Waals surface area contributed by atoms with Crippen LogP contribution in [0.4, 0.5) is 0 Å². The van der Waals surface area contributed by atoms with Gasteiger partial charge in [0.15, 0.2) is 0 Å². The minimum Gasteiger partial charge on any atom is -0.440 e. The Hall–Kier alpha value is -0.480. The molecule has 1 unspecified atom stereocenters. The van der Waals surface area contributed by atoms with Crippen molar-refractivity contribution >= 4 is 11.8 Å². The zero-order valence-corrected chi connectivity index (χ0v) is 9.15. The first-order valence-electron chi connectivity index (χ1n) is 4.50. The molecule has 1 rings (SSSR count). The molecule has 0 aliphatic heterocycles. The first-order valence-corrected chi connectivity index (χ1v) is 5.49. The van der Waals surface area contributed by atoms with Gasteiger partial charge in [-0.2, -0.15) is 0 Å². The molecule has 4 heteroatoms. The number of thioether (sulfide) groups is 1. The minimum absolute atomic E-state index is 0.502. The lowest BCUT2D eigenvalue weighted by Gasteiger charge is -2.09. The molecule has 0 aromatic carbocycles. The van der Waals surface area contributed by atoms with Crippen LogP contribution in [0.2, 0.25) is 0 Å². The molecule has 0 saturated carbocycles. The second-order valence-corrected chi connectivity index (χ2v) is 4.00. The average Bonchev–Trinajstić information content (AvgIpc) is 2.49. The van der Waals surface area contributed by atoms with Gasteiger partial charge in [-0.3, -0.25) is 0 Å². The Bertz CT molecular complexity index is 250. The van der Waals surface area contributed by atoms with Crippen molar-refractivity contribution in [2.75, 3.05) is 12.3 Å². The quantitative estimate of drug-likeness (QED) is 0.738. The van der Waals surface area contributed by atoms with Gasteiger partial charge in [0.05, 0.1) is 5.69 Å². The highest BCUT2D eigenvalue weighted by Gasteiger charge is 2.04. The van der Waals surface area contributed by atoms with Crippen LogP contribution in [0, 0.1) is 6.92 Å². The predicted octanol–water partition coefficient (Wildman–Crippen LogP) is 2.07. The average molecular weight is 200 g/mol. The summed E-state index contributed by atoms with van der Waals surface area (Å²) in [6.07, 6.45) is 1.68. The topological polar surface area (TPSA) is 38.1 Å². The second kappa shape index (κ2) is 5.29. The van der Waals surface area contributed by atoms with Gasteiger partial charge >= 0.3 is 0 Å². The Balaban J connectivity index is 2.26. The van der Waals surface area contributed by atoms with Gasteiger partial charge in [-0.15, -0.1) is 0 Å². The van der Waals surface area contributed by atoms with Crippen molar-refractivity contribution in [3.05, 3.63) is 12.0 Å². The molecule has 13 heavy (non-hydrogen) atoms. The van der Waals surface area contributed by atoms with Gasteiger partial charge in [0.25, 0.3) is 5.22 Å². The fourth-order valence-electron chi connectivity index (χ4n) is 1.00. The molecule has 74 valence electrons. The van der Waals surface area contributed by atoms with Gasteiger partial charge in [-0.25, -0.2) is 4.98 Å². The van der Waals surface area contributed by atoms with E-state index in [1.54, 1.807) is 18.0 Å². The van der Waals surface area contributed by atoms with Gasteiger partial charge in [0, 0.05) is 11.8 Å². The summed E-state index contributed by atoms with van der Waals surface area (Å²) in [5.74, 6) is 0.994. The first-order chi connectivity index (χ1) is 6.22. The molecule has 0 saturated heterocycles. The zero-order valence-electron chi connectivity index (χ0n) is 8.33. The molecular weight excluding hydrogens is 184 g/mol. The second-order valence-electron chi connectivity index (χ2n) is 3.02.